The Morgan fingerprint density at radius 3 is 2.40 bits per heavy atom. The van der Waals surface area contributed by atoms with Gasteiger partial charge in [0.05, 0.1) is 0 Å². The van der Waals surface area contributed by atoms with E-state index in [1.807, 2.05) is 12.1 Å². The van der Waals surface area contributed by atoms with Crippen LogP contribution in [0.25, 0.3) is 0 Å². The van der Waals surface area contributed by atoms with E-state index in [0.29, 0.717) is 11.5 Å². The molecule has 1 N–H and O–H groups in total. The Bertz CT molecular complexity index is 410. The van der Waals surface area contributed by atoms with Gasteiger partial charge in [0.2, 0.25) is 0 Å². The number of nitrogens with zero attached hydrogens (tertiary/aromatic N) is 1. The maximum absolute atomic E-state index is 5.97. The Kier molecular flexibility index (Phi) is 5.48. The molecule has 0 radical (unpaired) electrons. The molecule has 0 aliphatic heterocycles. The van der Waals surface area contributed by atoms with E-state index >= 15 is 0 Å². The number of hydrogen-bond donors (Lipinski definition) is 1. The minimum Gasteiger partial charge on any atom is -0.319 e. The van der Waals surface area contributed by atoms with Crippen molar-refractivity contribution in [2.24, 2.45) is 5.41 Å². The van der Waals surface area contributed by atoms with E-state index < -0.39 is 0 Å². The third kappa shape index (κ3) is 3.75. The average molecular weight is 295 g/mol. The molecule has 112 valence electrons. The third-order valence-electron chi connectivity index (χ3n) is 4.81. The highest BCUT2D eigenvalue weighted by atomic mass is 35.5. The highest BCUT2D eigenvalue weighted by molar-refractivity contribution is 6.30. The molecule has 1 unspecified atom stereocenters. The van der Waals surface area contributed by atoms with Gasteiger partial charge in [-0.05, 0) is 57.0 Å². The average Bonchev–Trinajstić information content (AvgIpc) is 2.87. The number of nitrogens with one attached hydrogen (secondary N) is 1. The molecule has 1 atom stereocenters. The summed E-state index contributed by atoms with van der Waals surface area (Å²) in [6.07, 6.45) is 5.47. The van der Waals surface area contributed by atoms with E-state index in [0.717, 1.165) is 18.1 Å². The molecule has 1 fully saturated rings. The van der Waals surface area contributed by atoms with Gasteiger partial charge in [0.1, 0.15) is 0 Å². The second-order valence-electron chi connectivity index (χ2n) is 6.38. The topological polar surface area (TPSA) is 15.3 Å². The van der Waals surface area contributed by atoms with E-state index in [1.54, 1.807) is 0 Å². The van der Waals surface area contributed by atoms with Crippen molar-refractivity contribution in [1.82, 2.24) is 10.2 Å². The first kappa shape index (κ1) is 15.8. The van der Waals surface area contributed by atoms with Crippen molar-refractivity contribution in [2.75, 3.05) is 27.2 Å². The molecule has 0 heterocycles. The van der Waals surface area contributed by atoms with Crippen LogP contribution in [-0.4, -0.2) is 32.1 Å². The molecule has 3 heteroatoms. The molecule has 1 aliphatic rings. The minimum atomic E-state index is 0.432. The molecular weight excluding hydrogens is 268 g/mol. The van der Waals surface area contributed by atoms with Crippen molar-refractivity contribution in [2.45, 2.75) is 38.6 Å². The summed E-state index contributed by atoms with van der Waals surface area (Å²) in [4.78, 5) is 2.49. The lowest BCUT2D eigenvalue weighted by Gasteiger charge is -2.36. The SMILES string of the molecule is CNCC1(CN(C)C(C)c2ccc(Cl)cc2)CCCC1. The second kappa shape index (κ2) is 6.93. The predicted molar refractivity (Wildman–Crippen MR) is 87.3 cm³/mol. The van der Waals surface area contributed by atoms with Crippen LogP contribution in [-0.2, 0) is 0 Å². The molecule has 20 heavy (non-hydrogen) atoms. The van der Waals surface area contributed by atoms with Crippen LogP contribution >= 0.6 is 11.6 Å². The van der Waals surface area contributed by atoms with Crippen molar-refractivity contribution in [3.05, 3.63) is 34.9 Å². The predicted octanol–water partition coefficient (Wildman–Crippen LogP) is 4.11. The van der Waals surface area contributed by atoms with Gasteiger partial charge in [-0.3, -0.25) is 4.90 Å². The van der Waals surface area contributed by atoms with Gasteiger partial charge in [0.25, 0.3) is 0 Å². The van der Waals surface area contributed by atoms with Gasteiger partial charge < -0.3 is 5.32 Å². The fourth-order valence-electron chi connectivity index (χ4n) is 3.55. The molecular formula is C17H27ClN2. The van der Waals surface area contributed by atoms with Gasteiger partial charge in [0, 0.05) is 24.2 Å². The van der Waals surface area contributed by atoms with Crippen LogP contribution in [0, 0.1) is 5.41 Å². The Hall–Kier alpha value is -0.570. The number of rotatable bonds is 6. The van der Waals surface area contributed by atoms with E-state index in [2.05, 4.69) is 43.4 Å². The summed E-state index contributed by atoms with van der Waals surface area (Å²) >= 11 is 5.97. The molecule has 1 aromatic carbocycles. The minimum absolute atomic E-state index is 0.432. The lowest BCUT2D eigenvalue weighted by Crippen LogP contribution is -2.41. The molecule has 0 saturated heterocycles. The molecule has 2 nitrogen and oxygen atoms in total. The molecule has 1 saturated carbocycles. The molecule has 0 aromatic heterocycles. The smallest absolute Gasteiger partial charge is 0.0406 e. The molecule has 1 aromatic rings. The van der Waals surface area contributed by atoms with Crippen molar-refractivity contribution in [3.63, 3.8) is 0 Å². The van der Waals surface area contributed by atoms with Crippen LogP contribution in [0.3, 0.4) is 0 Å². The lowest BCUT2D eigenvalue weighted by molar-refractivity contribution is 0.143. The Morgan fingerprint density at radius 1 is 1.25 bits per heavy atom. The summed E-state index contributed by atoms with van der Waals surface area (Å²) in [5, 5.41) is 4.21. The first-order chi connectivity index (χ1) is 9.56. The highest BCUT2D eigenvalue weighted by Crippen LogP contribution is 2.39. The maximum atomic E-state index is 5.97. The van der Waals surface area contributed by atoms with Crippen molar-refractivity contribution in [3.8, 4) is 0 Å². The number of benzene rings is 1. The van der Waals surface area contributed by atoms with Crippen LogP contribution in [0.2, 0.25) is 5.02 Å². The largest absolute Gasteiger partial charge is 0.319 e. The molecule has 2 rings (SSSR count). The Labute approximate surface area is 128 Å². The monoisotopic (exact) mass is 294 g/mol. The Balaban J connectivity index is 2.02. The van der Waals surface area contributed by atoms with Crippen molar-refractivity contribution < 1.29 is 0 Å². The van der Waals surface area contributed by atoms with Gasteiger partial charge in [-0.15, -0.1) is 0 Å². The van der Waals surface area contributed by atoms with Crippen LogP contribution in [0.5, 0.6) is 0 Å². The molecule has 0 spiro atoms. The summed E-state index contributed by atoms with van der Waals surface area (Å²) in [6, 6.07) is 8.69. The Morgan fingerprint density at radius 2 is 1.85 bits per heavy atom. The molecule has 0 amide bonds. The van der Waals surface area contributed by atoms with Crippen LogP contribution in [0.15, 0.2) is 24.3 Å². The fraction of sp³-hybridized carbons (Fsp3) is 0.647. The molecule has 0 bridgehead atoms. The highest BCUT2D eigenvalue weighted by Gasteiger charge is 2.35. The van der Waals surface area contributed by atoms with E-state index in [1.165, 1.54) is 31.2 Å². The standard InChI is InChI=1S/C17H27ClN2/c1-14(15-6-8-16(18)9-7-15)20(3)13-17(12-19-2)10-4-5-11-17/h6-9,14,19H,4-5,10-13H2,1-3H3. The lowest BCUT2D eigenvalue weighted by atomic mass is 9.85. The van der Waals surface area contributed by atoms with E-state index in [4.69, 9.17) is 11.6 Å². The van der Waals surface area contributed by atoms with Gasteiger partial charge in [-0.25, -0.2) is 0 Å². The zero-order chi connectivity index (χ0) is 14.6. The first-order valence-electron chi connectivity index (χ1n) is 7.67. The summed E-state index contributed by atoms with van der Waals surface area (Å²) in [6.45, 7) is 4.58. The van der Waals surface area contributed by atoms with Crippen LogP contribution < -0.4 is 5.32 Å². The number of halogens is 1. The van der Waals surface area contributed by atoms with Gasteiger partial charge in [-0.2, -0.15) is 0 Å². The van der Waals surface area contributed by atoms with Gasteiger partial charge in [0.15, 0.2) is 0 Å². The summed E-state index contributed by atoms with van der Waals surface area (Å²) < 4.78 is 0. The number of hydrogen-bond acceptors (Lipinski definition) is 2. The normalized spacial score (nSPS) is 19.4. The van der Waals surface area contributed by atoms with E-state index in [-0.39, 0.29) is 0 Å². The van der Waals surface area contributed by atoms with Crippen LogP contribution in [0.4, 0.5) is 0 Å². The fourth-order valence-corrected chi connectivity index (χ4v) is 3.68. The van der Waals surface area contributed by atoms with Crippen LogP contribution in [0.1, 0.15) is 44.2 Å². The van der Waals surface area contributed by atoms with Gasteiger partial charge >= 0.3 is 0 Å². The van der Waals surface area contributed by atoms with Gasteiger partial charge in [-0.1, -0.05) is 36.6 Å². The van der Waals surface area contributed by atoms with Crippen molar-refractivity contribution in [1.29, 1.82) is 0 Å². The van der Waals surface area contributed by atoms with Crippen molar-refractivity contribution >= 4 is 11.6 Å². The summed E-state index contributed by atoms with van der Waals surface area (Å²) in [5.41, 5.74) is 1.80. The van der Waals surface area contributed by atoms with E-state index in [9.17, 15) is 0 Å². The zero-order valence-electron chi connectivity index (χ0n) is 13.0. The quantitative estimate of drug-likeness (QED) is 0.849. The second-order valence-corrected chi connectivity index (χ2v) is 6.82. The molecule has 1 aliphatic carbocycles. The maximum Gasteiger partial charge on any atom is 0.0406 e. The summed E-state index contributed by atoms with van der Waals surface area (Å²) in [7, 11) is 4.32. The zero-order valence-corrected chi connectivity index (χ0v) is 13.7. The first-order valence-corrected chi connectivity index (χ1v) is 8.04. The summed E-state index contributed by atoms with van der Waals surface area (Å²) in [5.74, 6) is 0. The third-order valence-corrected chi connectivity index (χ3v) is 5.07.